The number of hydrogen-bond donors (Lipinski definition) is 18. The van der Waals surface area contributed by atoms with Crippen molar-refractivity contribution in [3.8, 4) is 103 Å². The first-order valence-corrected chi connectivity index (χ1v) is 21.2. The fraction of sp³-hybridized carbons (Fsp3) is 0.125. The lowest BCUT2D eigenvalue weighted by molar-refractivity contribution is -0.138. The normalized spacial score (nSPS) is 12.5. The third kappa shape index (κ3) is 12.1. The number of esters is 6. The van der Waals surface area contributed by atoms with Crippen LogP contribution in [0.5, 0.6) is 103 Å². The summed E-state index contributed by atoms with van der Waals surface area (Å²) in [6, 6.07) is 5.61. The van der Waals surface area contributed by atoms with Crippen molar-refractivity contribution >= 4 is 35.8 Å². The molecule has 78 heavy (non-hydrogen) atoms. The second-order valence-electron chi connectivity index (χ2n) is 16.0. The smallest absolute Gasteiger partial charge is 0.338 e. The Morgan fingerprint density at radius 1 is 0.256 bits per heavy atom. The zero-order chi connectivity index (χ0) is 57.8. The summed E-state index contributed by atoms with van der Waals surface area (Å²) < 4.78 is 32.9. The number of carbonyl (C=O) groups excluding carboxylic acids is 6. The van der Waals surface area contributed by atoms with E-state index in [0.717, 1.165) is 0 Å². The van der Waals surface area contributed by atoms with Crippen LogP contribution in [0.2, 0.25) is 0 Å². The monoisotopic (exact) mass is 1090 g/mol. The molecule has 0 aromatic heterocycles. The van der Waals surface area contributed by atoms with Crippen molar-refractivity contribution in [2.45, 2.75) is 24.4 Å². The quantitative estimate of drug-likeness (QED) is 0.0354. The summed E-state index contributed by atoms with van der Waals surface area (Å²) in [6.45, 7) is -3.21. The van der Waals surface area contributed by atoms with Gasteiger partial charge in [0.25, 0.3) is 0 Å². The van der Waals surface area contributed by atoms with Crippen LogP contribution in [0.4, 0.5) is 0 Å². The molecule has 0 amide bonds. The summed E-state index contributed by atoms with van der Waals surface area (Å²) >= 11 is 0. The fourth-order valence-corrected chi connectivity index (χ4v) is 6.71. The van der Waals surface area contributed by atoms with Gasteiger partial charge in [0.1, 0.15) is 13.2 Å². The summed E-state index contributed by atoms with van der Waals surface area (Å²) in [5.41, 5.74) is -5.47. The molecule has 18 N–H and O–H groups in total. The average Bonchev–Trinajstić information content (AvgIpc) is 3.39. The van der Waals surface area contributed by atoms with Gasteiger partial charge < -0.3 is 120 Å². The molecule has 0 saturated heterocycles. The maximum atomic E-state index is 14.3. The third-order valence-corrected chi connectivity index (χ3v) is 10.6. The van der Waals surface area contributed by atoms with E-state index in [1.54, 1.807) is 0 Å². The number of ether oxygens (including phenoxy) is 6. The van der Waals surface area contributed by atoms with Crippen molar-refractivity contribution in [2.24, 2.45) is 0 Å². The van der Waals surface area contributed by atoms with Crippen LogP contribution >= 0.6 is 0 Å². The van der Waals surface area contributed by atoms with E-state index in [4.69, 9.17) is 28.4 Å². The molecule has 0 saturated carbocycles. The molecule has 30 nitrogen and oxygen atoms in total. The molecule has 6 aromatic carbocycles. The molecule has 410 valence electrons. The predicted octanol–water partition coefficient (Wildman–Crippen LogP) is 2.30. The number of carbonyl (C=O) groups is 6. The van der Waals surface area contributed by atoms with Crippen LogP contribution in [-0.2, 0) is 28.4 Å². The number of phenolic OH excluding ortho intramolecular Hbond substituents is 18. The van der Waals surface area contributed by atoms with Crippen molar-refractivity contribution in [3.05, 3.63) is 106 Å². The van der Waals surface area contributed by atoms with Crippen LogP contribution in [0.25, 0.3) is 0 Å². The minimum atomic E-state index is -2.93. The minimum absolute atomic E-state index is 0.426. The largest absolute Gasteiger partial charge is 0.504 e. The molecule has 0 fully saturated rings. The Morgan fingerprint density at radius 3 is 0.590 bits per heavy atom. The van der Waals surface area contributed by atoms with Gasteiger partial charge in [-0.1, -0.05) is 0 Å². The van der Waals surface area contributed by atoms with Gasteiger partial charge in [-0.25, -0.2) is 28.8 Å². The first-order chi connectivity index (χ1) is 36.6. The van der Waals surface area contributed by atoms with Crippen molar-refractivity contribution in [3.63, 3.8) is 0 Å². The molecule has 0 heterocycles. The highest BCUT2D eigenvalue weighted by Crippen LogP contribution is 2.41. The lowest BCUT2D eigenvalue weighted by Gasteiger charge is -2.36. The Bertz CT molecular complexity index is 3040. The molecule has 6 aromatic rings. The van der Waals surface area contributed by atoms with E-state index in [1.807, 2.05) is 0 Å². The highest BCUT2D eigenvalue weighted by atomic mass is 16.6. The molecule has 6 rings (SSSR count). The second-order valence-corrected chi connectivity index (χ2v) is 16.0. The topological polar surface area (TPSA) is 522 Å². The van der Waals surface area contributed by atoms with Gasteiger partial charge in [0.15, 0.2) is 128 Å². The van der Waals surface area contributed by atoms with Crippen LogP contribution in [0.3, 0.4) is 0 Å². The molecule has 0 aliphatic rings. The standard InChI is InChI=1S/C48H38O30/c49-21-1-15(2-22(50)35(21)61)43(67)73-13-33(75-45(69)17-5-25(53)37(63)26(54)6-17)41(77-47(71)19-9-29(57)39(65)30(58)10-19)42(78-48(72)20-11-31(59)40(66)32(60)12-20)34(76-46(70)18-7-27(55)38(64)28(56)8-18)14-74-44(68)16-3-23(51)36(62)24(52)4-16/h1-12,33-34,41-42,49-66H,13-14H2/t33-,34-,41-,42-/m1/s1. The summed E-state index contributed by atoms with van der Waals surface area (Å²) in [7, 11) is 0. The molecule has 0 bridgehead atoms. The maximum absolute atomic E-state index is 14.3. The Kier molecular flexibility index (Phi) is 16.0. The number of phenols is 18. The van der Waals surface area contributed by atoms with Gasteiger partial charge in [0, 0.05) is 0 Å². The van der Waals surface area contributed by atoms with Gasteiger partial charge in [-0.2, -0.15) is 0 Å². The zero-order valence-corrected chi connectivity index (χ0v) is 38.6. The highest BCUT2D eigenvalue weighted by molar-refractivity contribution is 5.95. The first kappa shape index (κ1) is 55.8. The molecule has 0 unspecified atom stereocenters. The van der Waals surface area contributed by atoms with E-state index in [1.165, 1.54) is 0 Å². The number of benzene rings is 6. The van der Waals surface area contributed by atoms with Crippen molar-refractivity contribution < 1.29 is 149 Å². The molecule has 0 spiro atoms. The maximum Gasteiger partial charge on any atom is 0.338 e. The van der Waals surface area contributed by atoms with Crippen molar-refractivity contribution in [1.29, 1.82) is 0 Å². The lowest BCUT2D eigenvalue weighted by Crippen LogP contribution is -2.54. The van der Waals surface area contributed by atoms with Crippen LogP contribution < -0.4 is 0 Å². The van der Waals surface area contributed by atoms with Crippen LogP contribution in [-0.4, -0.2) is 165 Å². The van der Waals surface area contributed by atoms with E-state index in [0.29, 0.717) is 72.8 Å². The molecule has 0 aliphatic carbocycles. The SMILES string of the molecule is O=C(OC[C@@H](OC(=O)c1cc(O)c(O)c(O)c1)[C@@H](OC(=O)c1cc(O)c(O)c(O)c1)[C@H](OC(=O)c1cc(O)c(O)c(O)c1)[C@@H](COC(=O)c1cc(O)c(O)c(O)c1)OC(=O)c1cc(O)c(O)c(O)c1)c1cc(O)c(O)c(O)c1. The number of rotatable bonds is 17. The van der Waals surface area contributed by atoms with Gasteiger partial charge >= 0.3 is 35.8 Å². The van der Waals surface area contributed by atoms with Gasteiger partial charge in [0.2, 0.25) is 0 Å². The molecule has 0 aliphatic heterocycles. The minimum Gasteiger partial charge on any atom is -0.504 e. The van der Waals surface area contributed by atoms with E-state index in [2.05, 4.69) is 0 Å². The van der Waals surface area contributed by atoms with Gasteiger partial charge in [0.05, 0.1) is 33.4 Å². The fourth-order valence-electron chi connectivity index (χ4n) is 6.71. The Morgan fingerprint density at radius 2 is 0.410 bits per heavy atom. The van der Waals surface area contributed by atoms with Crippen LogP contribution in [0, 0.1) is 0 Å². The van der Waals surface area contributed by atoms with Gasteiger partial charge in [-0.05, 0) is 72.8 Å². The molecular formula is C48H38O30. The molecular weight excluding hydrogens is 1060 g/mol. The predicted molar refractivity (Wildman–Crippen MR) is 246 cm³/mol. The molecule has 0 radical (unpaired) electrons. The van der Waals surface area contributed by atoms with Crippen LogP contribution in [0.15, 0.2) is 72.8 Å². The van der Waals surface area contributed by atoms with E-state index in [-0.39, 0.29) is 0 Å². The second kappa shape index (κ2) is 22.3. The molecule has 4 atom stereocenters. The third-order valence-electron chi connectivity index (χ3n) is 10.6. The van der Waals surface area contributed by atoms with E-state index >= 15 is 0 Å². The first-order valence-electron chi connectivity index (χ1n) is 21.2. The summed E-state index contributed by atoms with van der Waals surface area (Å²) in [5, 5.41) is 183. The number of aromatic hydroxyl groups is 18. The van der Waals surface area contributed by atoms with E-state index in [9.17, 15) is 121 Å². The van der Waals surface area contributed by atoms with Gasteiger partial charge in [-0.3, -0.25) is 0 Å². The Balaban J connectivity index is 1.63. The van der Waals surface area contributed by atoms with Crippen molar-refractivity contribution in [1.82, 2.24) is 0 Å². The number of hydrogen-bond acceptors (Lipinski definition) is 30. The molecule has 30 heteroatoms. The zero-order valence-electron chi connectivity index (χ0n) is 38.6. The van der Waals surface area contributed by atoms with E-state index < -0.39 is 210 Å². The Labute approximate surface area is 431 Å². The summed E-state index contributed by atoms with van der Waals surface area (Å²) in [4.78, 5) is 84.0. The summed E-state index contributed by atoms with van der Waals surface area (Å²) in [6.07, 6.45) is -11.3. The van der Waals surface area contributed by atoms with Crippen molar-refractivity contribution in [2.75, 3.05) is 13.2 Å². The highest BCUT2D eigenvalue weighted by Gasteiger charge is 2.47. The Hall–Kier alpha value is -11.5. The van der Waals surface area contributed by atoms with Crippen LogP contribution in [0.1, 0.15) is 62.1 Å². The average molecular weight is 1090 g/mol. The summed E-state index contributed by atoms with van der Waals surface area (Å²) in [5.74, 6) is -32.0. The lowest BCUT2D eigenvalue weighted by atomic mass is 10.0. The van der Waals surface area contributed by atoms with Gasteiger partial charge in [-0.15, -0.1) is 0 Å².